The molecular weight excluding hydrogens is 262 g/mol. The highest BCUT2D eigenvalue weighted by Crippen LogP contribution is 2.29. The van der Waals surface area contributed by atoms with Gasteiger partial charge in [0.05, 0.1) is 18.1 Å². The molecule has 1 aliphatic rings. The molecule has 2 rings (SSSR count). The molecule has 5 heteroatoms. The predicted octanol–water partition coefficient (Wildman–Crippen LogP) is 2.32. The van der Waals surface area contributed by atoms with Crippen molar-refractivity contribution >= 4 is 23.7 Å². The molecule has 2 heterocycles. The van der Waals surface area contributed by atoms with E-state index < -0.39 is 0 Å². The first-order valence-corrected chi connectivity index (χ1v) is 7.51. The molecule has 4 nitrogen and oxygen atoms in total. The second kappa shape index (κ2) is 6.82. The molecule has 0 saturated carbocycles. The van der Waals surface area contributed by atoms with Crippen molar-refractivity contribution in [2.45, 2.75) is 18.4 Å². The van der Waals surface area contributed by atoms with E-state index >= 15 is 0 Å². The molecule has 1 aromatic rings. The van der Waals surface area contributed by atoms with E-state index in [0.717, 1.165) is 29.9 Å². The van der Waals surface area contributed by atoms with Crippen LogP contribution in [0.1, 0.15) is 18.4 Å². The lowest BCUT2D eigenvalue weighted by Crippen LogP contribution is -2.46. The van der Waals surface area contributed by atoms with Crippen LogP contribution < -0.4 is 5.32 Å². The van der Waals surface area contributed by atoms with Crippen LogP contribution in [-0.2, 0) is 9.53 Å². The number of thioether (sulfide) groups is 1. The molecule has 0 spiro atoms. The topological polar surface area (TPSA) is 51.5 Å². The molecule has 0 unspecified atom stereocenters. The van der Waals surface area contributed by atoms with Crippen molar-refractivity contribution in [1.29, 1.82) is 0 Å². The van der Waals surface area contributed by atoms with Gasteiger partial charge in [-0.15, -0.1) is 0 Å². The number of nitrogens with one attached hydrogen (secondary N) is 1. The number of carbonyl (C=O) groups is 1. The number of hydrogen-bond acceptors (Lipinski definition) is 4. The summed E-state index contributed by atoms with van der Waals surface area (Å²) in [5.41, 5.74) is 0.690. The third-order valence-corrected chi connectivity index (χ3v) is 4.38. The van der Waals surface area contributed by atoms with Crippen LogP contribution in [0.5, 0.6) is 0 Å². The quantitative estimate of drug-likeness (QED) is 0.842. The number of ether oxygens (including phenoxy) is 1. The maximum atomic E-state index is 11.7. The Morgan fingerprint density at radius 1 is 1.58 bits per heavy atom. The van der Waals surface area contributed by atoms with Crippen molar-refractivity contribution in [1.82, 2.24) is 5.32 Å². The Morgan fingerprint density at radius 3 is 3.00 bits per heavy atom. The van der Waals surface area contributed by atoms with Gasteiger partial charge in [-0.3, -0.25) is 4.79 Å². The zero-order valence-electron chi connectivity index (χ0n) is 11.1. The Kier molecular flexibility index (Phi) is 5.10. The highest BCUT2D eigenvalue weighted by Gasteiger charge is 2.32. The number of furan rings is 1. The van der Waals surface area contributed by atoms with Gasteiger partial charge in [-0.25, -0.2) is 0 Å². The number of amides is 1. The Bertz CT molecular complexity index is 422. The van der Waals surface area contributed by atoms with Crippen molar-refractivity contribution in [2.75, 3.05) is 25.2 Å². The highest BCUT2D eigenvalue weighted by atomic mass is 32.2. The summed E-state index contributed by atoms with van der Waals surface area (Å²) in [6.07, 6.45) is 8.40. The third-order valence-electron chi connectivity index (χ3n) is 3.39. The Balaban J connectivity index is 1.82. The van der Waals surface area contributed by atoms with Gasteiger partial charge >= 0.3 is 0 Å². The first kappa shape index (κ1) is 14.2. The molecule has 1 amide bonds. The van der Waals surface area contributed by atoms with Crippen LogP contribution in [0.15, 0.2) is 29.1 Å². The normalized spacial score (nSPS) is 18.6. The van der Waals surface area contributed by atoms with Crippen LogP contribution >= 0.6 is 11.8 Å². The molecule has 0 atom stereocenters. The molecule has 1 aromatic heterocycles. The minimum absolute atomic E-state index is 0.101. The van der Waals surface area contributed by atoms with Gasteiger partial charge in [-0.2, -0.15) is 11.8 Å². The average Bonchev–Trinajstić information content (AvgIpc) is 2.97. The number of carbonyl (C=O) groups excluding carboxylic acids is 1. The SMILES string of the molecule is COC1(CNC(=O)/C=C/c2ccoc2)CCSCC1. The summed E-state index contributed by atoms with van der Waals surface area (Å²) in [6.45, 7) is 0.568. The Labute approximate surface area is 117 Å². The summed E-state index contributed by atoms with van der Waals surface area (Å²) in [6, 6.07) is 1.80. The fourth-order valence-corrected chi connectivity index (χ4v) is 3.28. The van der Waals surface area contributed by atoms with Crippen molar-refractivity contribution in [3.63, 3.8) is 0 Å². The number of methoxy groups -OCH3 is 1. The summed E-state index contributed by atoms with van der Waals surface area (Å²) in [4.78, 5) is 11.7. The lowest BCUT2D eigenvalue weighted by atomic mass is 9.96. The summed E-state index contributed by atoms with van der Waals surface area (Å²) < 4.78 is 10.5. The Hall–Kier alpha value is -1.20. The maximum absolute atomic E-state index is 11.7. The van der Waals surface area contributed by atoms with E-state index in [1.165, 1.54) is 6.08 Å². The number of hydrogen-bond donors (Lipinski definition) is 1. The summed E-state index contributed by atoms with van der Waals surface area (Å²) >= 11 is 1.94. The second-order valence-electron chi connectivity index (χ2n) is 4.61. The van der Waals surface area contributed by atoms with Crippen molar-refractivity contribution in [3.8, 4) is 0 Å². The lowest BCUT2D eigenvalue weighted by molar-refractivity contribution is -0.118. The molecule has 0 bridgehead atoms. The van der Waals surface area contributed by atoms with E-state index in [-0.39, 0.29) is 11.5 Å². The fourth-order valence-electron chi connectivity index (χ4n) is 2.05. The van der Waals surface area contributed by atoms with Crippen LogP contribution in [0, 0.1) is 0 Å². The monoisotopic (exact) mass is 281 g/mol. The van der Waals surface area contributed by atoms with E-state index in [2.05, 4.69) is 5.32 Å². The van der Waals surface area contributed by atoms with E-state index in [0.29, 0.717) is 6.54 Å². The summed E-state index contributed by atoms with van der Waals surface area (Å²) in [5.74, 6) is 2.08. The van der Waals surface area contributed by atoms with Crippen LogP contribution in [0.3, 0.4) is 0 Å². The van der Waals surface area contributed by atoms with E-state index in [1.54, 1.807) is 31.8 Å². The largest absolute Gasteiger partial charge is 0.472 e. The molecule has 0 radical (unpaired) electrons. The second-order valence-corrected chi connectivity index (χ2v) is 5.83. The molecule has 0 aromatic carbocycles. The van der Waals surface area contributed by atoms with Crippen LogP contribution in [0.2, 0.25) is 0 Å². The van der Waals surface area contributed by atoms with Gasteiger partial charge in [0.25, 0.3) is 0 Å². The van der Waals surface area contributed by atoms with Crippen LogP contribution in [0.25, 0.3) is 6.08 Å². The van der Waals surface area contributed by atoms with Crippen LogP contribution in [0.4, 0.5) is 0 Å². The van der Waals surface area contributed by atoms with Gasteiger partial charge in [-0.1, -0.05) is 0 Å². The van der Waals surface area contributed by atoms with Gasteiger partial charge in [0.2, 0.25) is 5.91 Å². The molecule has 0 aliphatic carbocycles. The lowest BCUT2D eigenvalue weighted by Gasteiger charge is -2.35. The van der Waals surface area contributed by atoms with Gasteiger partial charge in [-0.05, 0) is 36.5 Å². The maximum Gasteiger partial charge on any atom is 0.244 e. The van der Waals surface area contributed by atoms with Crippen molar-refractivity contribution < 1.29 is 13.9 Å². The van der Waals surface area contributed by atoms with Crippen LogP contribution in [-0.4, -0.2) is 36.7 Å². The molecule has 19 heavy (non-hydrogen) atoms. The minimum Gasteiger partial charge on any atom is -0.472 e. The summed E-state index contributed by atoms with van der Waals surface area (Å²) in [5, 5.41) is 2.92. The van der Waals surface area contributed by atoms with E-state index in [9.17, 15) is 4.79 Å². The van der Waals surface area contributed by atoms with Gasteiger partial charge in [0.15, 0.2) is 0 Å². The standard InChI is InChI=1S/C14H19NO3S/c1-17-14(5-8-19-9-6-14)11-15-13(16)3-2-12-4-7-18-10-12/h2-4,7,10H,5-6,8-9,11H2,1H3,(H,15,16)/b3-2+. The third kappa shape index (κ3) is 4.14. The molecule has 1 fully saturated rings. The van der Waals surface area contributed by atoms with E-state index in [4.69, 9.17) is 9.15 Å². The molecule has 1 N–H and O–H groups in total. The van der Waals surface area contributed by atoms with Crippen molar-refractivity contribution in [3.05, 3.63) is 30.2 Å². The average molecular weight is 281 g/mol. The first-order valence-electron chi connectivity index (χ1n) is 6.35. The molecule has 104 valence electrons. The first-order chi connectivity index (χ1) is 9.24. The minimum atomic E-state index is -0.190. The van der Waals surface area contributed by atoms with Gasteiger partial charge in [0, 0.05) is 25.3 Å². The fraction of sp³-hybridized carbons (Fsp3) is 0.500. The van der Waals surface area contributed by atoms with E-state index in [1.807, 2.05) is 11.8 Å². The van der Waals surface area contributed by atoms with Crippen molar-refractivity contribution in [2.24, 2.45) is 0 Å². The van der Waals surface area contributed by atoms with Gasteiger partial charge in [0.1, 0.15) is 0 Å². The molecule has 1 aliphatic heterocycles. The zero-order chi connectivity index (χ0) is 13.6. The number of rotatable bonds is 5. The predicted molar refractivity (Wildman–Crippen MR) is 77.1 cm³/mol. The zero-order valence-corrected chi connectivity index (χ0v) is 11.9. The molecular formula is C14H19NO3S. The molecule has 1 saturated heterocycles. The Morgan fingerprint density at radius 2 is 2.37 bits per heavy atom. The highest BCUT2D eigenvalue weighted by molar-refractivity contribution is 7.99. The summed E-state index contributed by atoms with van der Waals surface area (Å²) in [7, 11) is 1.73. The smallest absolute Gasteiger partial charge is 0.244 e. The van der Waals surface area contributed by atoms with Gasteiger partial charge < -0.3 is 14.5 Å².